The van der Waals surface area contributed by atoms with E-state index in [4.69, 9.17) is 17.3 Å². The van der Waals surface area contributed by atoms with Crippen LogP contribution < -0.4 is 5.73 Å². The van der Waals surface area contributed by atoms with E-state index >= 15 is 0 Å². The number of nitrogens with zero attached hydrogens (tertiary/aromatic N) is 4. The molecule has 0 unspecified atom stereocenters. The summed E-state index contributed by atoms with van der Waals surface area (Å²) < 4.78 is 1.57. The van der Waals surface area contributed by atoms with Crippen LogP contribution in [0.3, 0.4) is 0 Å². The van der Waals surface area contributed by atoms with Crippen molar-refractivity contribution in [2.45, 2.75) is 18.8 Å². The maximum atomic E-state index is 10.7. The van der Waals surface area contributed by atoms with Gasteiger partial charge in [0, 0.05) is 18.1 Å². The van der Waals surface area contributed by atoms with Gasteiger partial charge in [-0.15, -0.1) is 5.10 Å². The number of halogens is 1. The summed E-state index contributed by atoms with van der Waals surface area (Å²) in [6.07, 6.45) is 2.09. The predicted octanol–water partition coefficient (Wildman–Crippen LogP) is 2.29. The number of non-ortho nitro benzene ring substituents is 1. The fourth-order valence-electron chi connectivity index (χ4n) is 2.00. The van der Waals surface area contributed by atoms with Gasteiger partial charge in [0.25, 0.3) is 5.69 Å². The van der Waals surface area contributed by atoms with E-state index in [1.165, 1.54) is 12.1 Å². The smallest absolute Gasteiger partial charge is 0.271 e. The number of nitrogen functional groups attached to an aromatic ring is 1. The second-order valence-electron chi connectivity index (χ2n) is 4.44. The number of aromatic nitrogens is 3. The van der Waals surface area contributed by atoms with Crippen molar-refractivity contribution >= 4 is 23.1 Å². The quantitative estimate of drug-likeness (QED) is 0.686. The number of hydrogen-bond donors (Lipinski definition) is 1. The number of anilines is 1. The van der Waals surface area contributed by atoms with Gasteiger partial charge in [0.05, 0.1) is 21.3 Å². The summed E-state index contributed by atoms with van der Waals surface area (Å²) in [5, 5.41) is 18.8. The highest BCUT2D eigenvalue weighted by Crippen LogP contribution is 2.43. The van der Waals surface area contributed by atoms with Crippen LogP contribution in [0.25, 0.3) is 5.69 Å². The first kappa shape index (κ1) is 11.9. The van der Waals surface area contributed by atoms with Crippen LogP contribution >= 0.6 is 11.6 Å². The first-order chi connectivity index (χ1) is 9.08. The summed E-state index contributed by atoms with van der Waals surface area (Å²) >= 11 is 6.08. The highest BCUT2D eigenvalue weighted by molar-refractivity contribution is 6.32. The first-order valence-corrected chi connectivity index (χ1v) is 6.11. The standard InChI is InChI=1S/C11H10ClN5O2/c12-8-5-7(17(18)19)3-4-9(8)16-10(6-1-2-6)11(13)14-15-16/h3-6H,1-2,13H2. The van der Waals surface area contributed by atoms with Crippen LogP contribution in [0, 0.1) is 10.1 Å². The van der Waals surface area contributed by atoms with E-state index in [0.29, 0.717) is 17.4 Å². The van der Waals surface area contributed by atoms with Crippen LogP contribution in [0.2, 0.25) is 5.02 Å². The zero-order chi connectivity index (χ0) is 13.6. The Balaban J connectivity index is 2.09. The summed E-state index contributed by atoms with van der Waals surface area (Å²) in [4.78, 5) is 10.2. The van der Waals surface area contributed by atoms with Gasteiger partial charge in [-0.1, -0.05) is 16.8 Å². The number of nitrogens with two attached hydrogens (primary N) is 1. The van der Waals surface area contributed by atoms with Crippen molar-refractivity contribution in [2.75, 3.05) is 5.73 Å². The molecule has 2 N–H and O–H groups in total. The molecule has 19 heavy (non-hydrogen) atoms. The van der Waals surface area contributed by atoms with Crippen molar-refractivity contribution in [3.8, 4) is 5.69 Å². The summed E-state index contributed by atoms with van der Waals surface area (Å²) in [6, 6.07) is 4.24. The maximum absolute atomic E-state index is 10.7. The monoisotopic (exact) mass is 279 g/mol. The fourth-order valence-corrected chi connectivity index (χ4v) is 2.25. The van der Waals surface area contributed by atoms with E-state index < -0.39 is 4.92 Å². The molecule has 1 aliphatic rings. The molecule has 1 heterocycles. The second kappa shape index (κ2) is 4.20. The number of nitro benzene ring substituents is 1. The molecule has 1 saturated carbocycles. The molecule has 1 fully saturated rings. The maximum Gasteiger partial charge on any atom is 0.271 e. The van der Waals surface area contributed by atoms with Gasteiger partial charge in [0.15, 0.2) is 5.82 Å². The average Bonchev–Trinajstić information content (AvgIpc) is 3.13. The van der Waals surface area contributed by atoms with Gasteiger partial charge in [0.1, 0.15) is 0 Å². The molecular weight excluding hydrogens is 270 g/mol. The molecule has 1 aromatic carbocycles. The Morgan fingerprint density at radius 1 is 1.47 bits per heavy atom. The Labute approximate surface area is 113 Å². The molecule has 3 rings (SSSR count). The van der Waals surface area contributed by atoms with E-state index in [9.17, 15) is 10.1 Å². The van der Waals surface area contributed by atoms with Crippen molar-refractivity contribution in [1.82, 2.24) is 15.0 Å². The van der Waals surface area contributed by atoms with Gasteiger partial charge < -0.3 is 5.73 Å². The molecule has 0 atom stereocenters. The molecule has 7 nitrogen and oxygen atoms in total. The van der Waals surface area contributed by atoms with E-state index in [1.807, 2.05) is 0 Å². The van der Waals surface area contributed by atoms with Crippen LogP contribution in [-0.4, -0.2) is 19.9 Å². The lowest BCUT2D eigenvalue weighted by molar-refractivity contribution is -0.384. The third kappa shape index (κ3) is 2.01. The summed E-state index contributed by atoms with van der Waals surface area (Å²) in [5.74, 6) is 0.734. The van der Waals surface area contributed by atoms with Gasteiger partial charge in [-0.3, -0.25) is 10.1 Å². The fraction of sp³-hybridized carbons (Fsp3) is 0.273. The molecule has 2 aromatic rings. The van der Waals surface area contributed by atoms with Gasteiger partial charge in [-0.05, 0) is 18.9 Å². The Hall–Kier alpha value is -2.15. The molecule has 0 bridgehead atoms. The molecule has 0 radical (unpaired) electrons. The molecule has 98 valence electrons. The molecular formula is C11H10ClN5O2. The lowest BCUT2D eigenvalue weighted by Gasteiger charge is -2.07. The highest BCUT2D eigenvalue weighted by atomic mass is 35.5. The second-order valence-corrected chi connectivity index (χ2v) is 4.85. The SMILES string of the molecule is Nc1nnn(-c2ccc([N+](=O)[O-])cc2Cl)c1C1CC1. The van der Waals surface area contributed by atoms with Gasteiger partial charge in [-0.2, -0.15) is 0 Å². The Kier molecular flexibility index (Phi) is 2.63. The lowest BCUT2D eigenvalue weighted by atomic mass is 10.2. The van der Waals surface area contributed by atoms with Crippen LogP contribution in [0.1, 0.15) is 24.5 Å². The first-order valence-electron chi connectivity index (χ1n) is 5.73. The number of hydrogen-bond acceptors (Lipinski definition) is 5. The molecule has 0 spiro atoms. The zero-order valence-electron chi connectivity index (χ0n) is 9.78. The summed E-state index contributed by atoms with van der Waals surface area (Å²) in [7, 11) is 0. The minimum Gasteiger partial charge on any atom is -0.381 e. The zero-order valence-corrected chi connectivity index (χ0v) is 10.5. The van der Waals surface area contributed by atoms with E-state index in [0.717, 1.165) is 18.5 Å². The van der Waals surface area contributed by atoms with E-state index in [-0.39, 0.29) is 10.7 Å². The largest absolute Gasteiger partial charge is 0.381 e. The van der Waals surface area contributed by atoms with Crippen LogP contribution in [0.5, 0.6) is 0 Å². The summed E-state index contributed by atoms with van der Waals surface area (Å²) in [5.41, 5.74) is 7.13. The van der Waals surface area contributed by atoms with E-state index in [1.54, 1.807) is 10.7 Å². The Morgan fingerprint density at radius 3 is 2.79 bits per heavy atom. The minimum absolute atomic E-state index is 0.0604. The lowest BCUT2D eigenvalue weighted by Crippen LogP contribution is -2.03. The van der Waals surface area contributed by atoms with Crippen LogP contribution in [0.4, 0.5) is 11.5 Å². The third-order valence-electron chi connectivity index (χ3n) is 3.07. The van der Waals surface area contributed by atoms with Crippen molar-refractivity contribution in [1.29, 1.82) is 0 Å². The predicted molar refractivity (Wildman–Crippen MR) is 69.4 cm³/mol. The normalized spacial score (nSPS) is 14.6. The number of nitro groups is 1. The van der Waals surface area contributed by atoms with Crippen LogP contribution in [-0.2, 0) is 0 Å². The Morgan fingerprint density at radius 2 is 2.21 bits per heavy atom. The van der Waals surface area contributed by atoms with E-state index in [2.05, 4.69) is 10.3 Å². The third-order valence-corrected chi connectivity index (χ3v) is 3.37. The molecule has 8 heteroatoms. The van der Waals surface area contributed by atoms with Crippen molar-refractivity contribution in [2.24, 2.45) is 0 Å². The van der Waals surface area contributed by atoms with Gasteiger partial charge >= 0.3 is 0 Å². The Bertz CT molecular complexity index is 665. The topological polar surface area (TPSA) is 99.9 Å². The van der Waals surface area contributed by atoms with Crippen molar-refractivity contribution in [3.63, 3.8) is 0 Å². The average molecular weight is 280 g/mol. The minimum atomic E-state index is -0.493. The van der Waals surface area contributed by atoms with Crippen LogP contribution in [0.15, 0.2) is 18.2 Å². The number of rotatable bonds is 3. The van der Waals surface area contributed by atoms with Gasteiger partial charge in [0.2, 0.25) is 0 Å². The van der Waals surface area contributed by atoms with Crippen molar-refractivity contribution < 1.29 is 4.92 Å². The van der Waals surface area contributed by atoms with Gasteiger partial charge in [-0.25, -0.2) is 4.68 Å². The molecule has 0 aliphatic heterocycles. The molecule has 1 aromatic heterocycles. The molecule has 1 aliphatic carbocycles. The van der Waals surface area contributed by atoms with Crippen molar-refractivity contribution in [3.05, 3.63) is 39.0 Å². The molecule has 0 amide bonds. The summed E-state index contributed by atoms with van der Waals surface area (Å²) in [6.45, 7) is 0. The number of benzene rings is 1. The highest BCUT2D eigenvalue weighted by Gasteiger charge is 2.31. The molecule has 0 saturated heterocycles.